The molecule has 29 heavy (non-hydrogen) atoms. The summed E-state index contributed by atoms with van der Waals surface area (Å²) in [4.78, 5) is 47.5. The Morgan fingerprint density at radius 3 is 2.90 bits per heavy atom. The van der Waals surface area contributed by atoms with E-state index in [1.165, 1.54) is 23.8 Å². The van der Waals surface area contributed by atoms with Gasteiger partial charge >= 0.3 is 5.97 Å². The largest absolute Gasteiger partial charge is 0.481 e. The molecule has 2 amide bonds. The molecule has 3 heterocycles. The van der Waals surface area contributed by atoms with Crippen molar-refractivity contribution in [2.24, 2.45) is 10.6 Å². The number of thiazole rings is 1. The van der Waals surface area contributed by atoms with E-state index in [1.807, 2.05) is 0 Å². The molecule has 3 atom stereocenters. The first kappa shape index (κ1) is 21.3. The number of hydrogen-bond donors (Lipinski definition) is 3. The van der Waals surface area contributed by atoms with Gasteiger partial charge in [-0.15, -0.1) is 23.1 Å². The fourth-order valence-electron chi connectivity index (χ4n) is 3.12. The highest BCUT2D eigenvalue weighted by atomic mass is 32.2. The Morgan fingerprint density at radius 1 is 1.55 bits per heavy atom. The Bertz CT molecular complexity index is 846. The predicted octanol–water partition coefficient (Wildman–Crippen LogP) is -0.417. The van der Waals surface area contributed by atoms with E-state index < -0.39 is 23.3 Å². The first-order chi connectivity index (χ1) is 13.8. The van der Waals surface area contributed by atoms with Crippen LogP contribution in [-0.2, 0) is 24.0 Å². The van der Waals surface area contributed by atoms with Crippen molar-refractivity contribution in [2.75, 3.05) is 38.4 Å². The topological polar surface area (TPSA) is 156 Å². The number of aromatic nitrogens is 1. The zero-order valence-electron chi connectivity index (χ0n) is 15.8. The highest BCUT2D eigenvalue weighted by Crippen LogP contribution is 2.42. The molecule has 2 unspecified atom stereocenters. The van der Waals surface area contributed by atoms with Crippen molar-refractivity contribution in [3.8, 4) is 0 Å². The van der Waals surface area contributed by atoms with Gasteiger partial charge in [0.2, 0.25) is 5.91 Å². The summed E-state index contributed by atoms with van der Waals surface area (Å²) in [7, 11) is 1.42. The Kier molecular flexibility index (Phi) is 6.29. The molecule has 1 aromatic heterocycles. The van der Waals surface area contributed by atoms with Crippen molar-refractivity contribution in [3.05, 3.63) is 11.1 Å². The first-order valence-corrected chi connectivity index (χ1v) is 10.6. The number of hydrogen-bond acceptors (Lipinski definition) is 10. The van der Waals surface area contributed by atoms with E-state index in [4.69, 9.17) is 15.3 Å². The van der Waals surface area contributed by atoms with Crippen LogP contribution in [0.25, 0.3) is 0 Å². The molecule has 1 aromatic rings. The summed E-state index contributed by atoms with van der Waals surface area (Å²) in [6.45, 7) is 2.00. The minimum Gasteiger partial charge on any atom is -0.481 e. The first-order valence-electron chi connectivity index (χ1n) is 8.69. The summed E-state index contributed by atoms with van der Waals surface area (Å²) in [5.41, 5.74) is 4.63. The van der Waals surface area contributed by atoms with Gasteiger partial charge in [-0.25, -0.2) is 4.98 Å². The van der Waals surface area contributed by atoms with Gasteiger partial charge in [-0.1, -0.05) is 5.16 Å². The second-order valence-electron chi connectivity index (χ2n) is 6.57. The number of rotatable bonds is 8. The standard InChI is InChI=1S/C16H21N5O6S2/c1-3-27-20-9(8-4-28-15(17)18-8)11(22)19-10-12(23)21-5-16(6-26-2,14(24)25)7-29-13(10)21/h4,10,13H,3,5-7H2,1-2H3,(H2,17,18)(H,19,22)(H,24,25)/t10?,13-,16?/m1/s1. The molecule has 11 nitrogen and oxygen atoms in total. The number of carbonyl (C=O) groups is 3. The number of ether oxygens (including phenoxy) is 1. The summed E-state index contributed by atoms with van der Waals surface area (Å²) >= 11 is 2.45. The van der Waals surface area contributed by atoms with E-state index in [0.29, 0.717) is 0 Å². The number of carboxylic acid groups (broad SMARTS) is 1. The van der Waals surface area contributed by atoms with Crippen molar-refractivity contribution < 1.29 is 29.1 Å². The lowest BCUT2D eigenvalue weighted by Crippen LogP contribution is -2.74. The van der Waals surface area contributed by atoms with Gasteiger partial charge in [0.15, 0.2) is 10.8 Å². The van der Waals surface area contributed by atoms with E-state index in [0.717, 1.165) is 11.3 Å². The van der Waals surface area contributed by atoms with Crippen LogP contribution in [0.2, 0.25) is 0 Å². The number of methoxy groups -OCH3 is 1. The van der Waals surface area contributed by atoms with Crippen molar-refractivity contribution in [1.29, 1.82) is 0 Å². The third-order valence-electron chi connectivity index (χ3n) is 4.57. The Morgan fingerprint density at radius 2 is 2.31 bits per heavy atom. The predicted molar refractivity (Wildman–Crippen MR) is 107 cm³/mol. The molecular formula is C16H21N5O6S2. The number of fused-ring (bicyclic) bond motifs is 1. The summed E-state index contributed by atoms with van der Waals surface area (Å²) in [5, 5.41) is 17.5. The van der Waals surface area contributed by atoms with E-state index >= 15 is 0 Å². The number of nitrogens with one attached hydrogen (secondary N) is 1. The van der Waals surface area contributed by atoms with Crippen LogP contribution in [0, 0.1) is 5.41 Å². The van der Waals surface area contributed by atoms with E-state index in [2.05, 4.69) is 15.5 Å². The molecule has 3 rings (SSSR count). The van der Waals surface area contributed by atoms with Gasteiger partial charge in [0, 0.05) is 24.8 Å². The van der Waals surface area contributed by atoms with Gasteiger partial charge in [0.1, 0.15) is 29.1 Å². The zero-order valence-corrected chi connectivity index (χ0v) is 17.4. The van der Waals surface area contributed by atoms with Crippen LogP contribution in [0.5, 0.6) is 0 Å². The number of aliphatic carboxylic acids is 1. The molecule has 4 N–H and O–H groups in total. The normalized spacial score (nSPS) is 26.5. The molecule has 2 saturated heterocycles. The molecule has 2 aliphatic rings. The lowest BCUT2D eigenvalue weighted by atomic mass is 9.88. The summed E-state index contributed by atoms with van der Waals surface area (Å²) in [6, 6.07) is -0.787. The maximum Gasteiger partial charge on any atom is 0.314 e. The fraction of sp³-hybridized carbons (Fsp3) is 0.562. The SMILES string of the molecule is CCON=C(C(=O)NC1C(=O)N2CC(COC)(C(=O)O)CS[C@H]12)c1csc(N)n1. The number of thioether (sulfide) groups is 1. The van der Waals surface area contributed by atoms with Crippen LogP contribution in [-0.4, -0.2) is 82.5 Å². The third-order valence-corrected chi connectivity index (χ3v) is 6.83. The fourth-order valence-corrected chi connectivity index (χ4v) is 5.19. The molecule has 0 bridgehead atoms. The van der Waals surface area contributed by atoms with Crippen molar-refractivity contribution in [2.45, 2.75) is 18.3 Å². The third kappa shape index (κ3) is 4.02. The van der Waals surface area contributed by atoms with E-state index in [-0.39, 0.29) is 53.3 Å². The van der Waals surface area contributed by atoms with Gasteiger partial charge in [0.25, 0.3) is 5.91 Å². The number of nitrogens with zero attached hydrogens (tertiary/aromatic N) is 3. The molecule has 2 aliphatic heterocycles. The highest BCUT2D eigenvalue weighted by Gasteiger charge is 2.57. The number of carbonyl (C=O) groups excluding carboxylic acids is 2. The van der Waals surface area contributed by atoms with Crippen LogP contribution in [0.1, 0.15) is 12.6 Å². The van der Waals surface area contributed by atoms with Crippen molar-refractivity contribution in [3.63, 3.8) is 0 Å². The molecule has 0 saturated carbocycles. The maximum absolute atomic E-state index is 12.7. The maximum atomic E-state index is 12.7. The lowest BCUT2D eigenvalue weighted by molar-refractivity contribution is -0.161. The molecule has 13 heteroatoms. The minimum absolute atomic E-state index is 0.000725. The average Bonchev–Trinajstić information content (AvgIpc) is 3.12. The van der Waals surface area contributed by atoms with E-state index in [1.54, 1.807) is 12.3 Å². The van der Waals surface area contributed by atoms with Crippen LogP contribution >= 0.6 is 23.1 Å². The summed E-state index contributed by atoms with van der Waals surface area (Å²) < 4.78 is 5.05. The van der Waals surface area contributed by atoms with Gasteiger partial charge in [-0.2, -0.15) is 0 Å². The number of oxime groups is 1. The van der Waals surface area contributed by atoms with Crippen LogP contribution in [0.15, 0.2) is 10.5 Å². The molecule has 0 aromatic carbocycles. The summed E-state index contributed by atoms with van der Waals surface area (Å²) in [5.74, 6) is -1.72. The summed E-state index contributed by atoms with van der Waals surface area (Å²) in [6.07, 6.45) is 0. The van der Waals surface area contributed by atoms with Crippen LogP contribution in [0.3, 0.4) is 0 Å². The second kappa shape index (κ2) is 8.55. The number of amides is 2. The molecule has 2 fully saturated rings. The quantitative estimate of drug-likeness (QED) is 0.276. The van der Waals surface area contributed by atoms with Crippen LogP contribution in [0.4, 0.5) is 5.13 Å². The van der Waals surface area contributed by atoms with Crippen LogP contribution < -0.4 is 11.1 Å². The molecule has 0 spiro atoms. The number of nitrogen functional groups attached to an aromatic ring is 1. The average molecular weight is 444 g/mol. The lowest BCUT2D eigenvalue weighted by Gasteiger charge is -2.53. The van der Waals surface area contributed by atoms with Gasteiger partial charge in [-0.3, -0.25) is 14.4 Å². The Balaban J connectivity index is 1.71. The zero-order chi connectivity index (χ0) is 21.2. The van der Waals surface area contributed by atoms with Gasteiger partial charge < -0.3 is 30.6 Å². The Labute approximate surface area is 174 Å². The smallest absolute Gasteiger partial charge is 0.314 e. The molecule has 0 radical (unpaired) electrons. The molecule has 158 valence electrons. The molecule has 0 aliphatic carbocycles. The van der Waals surface area contributed by atoms with E-state index in [9.17, 15) is 19.5 Å². The Hall–Kier alpha value is -2.38. The van der Waals surface area contributed by atoms with Crippen molar-refractivity contribution >= 4 is 51.7 Å². The number of carboxylic acids is 1. The molecular weight excluding hydrogens is 422 g/mol. The second-order valence-corrected chi connectivity index (χ2v) is 8.56. The minimum atomic E-state index is -1.17. The van der Waals surface area contributed by atoms with Gasteiger partial charge in [0.05, 0.1) is 6.61 Å². The number of anilines is 1. The van der Waals surface area contributed by atoms with Gasteiger partial charge in [-0.05, 0) is 6.92 Å². The monoisotopic (exact) mass is 443 g/mol. The number of nitrogens with two attached hydrogens (primary N) is 1. The van der Waals surface area contributed by atoms with Crippen molar-refractivity contribution in [1.82, 2.24) is 15.2 Å². The number of β-lactam (4-membered cyclic amide) rings is 1. The highest BCUT2D eigenvalue weighted by molar-refractivity contribution is 8.00.